The molecule has 0 bridgehead atoms. The van der Waals surface area contributed by atoms with Crippen molar-refractivity contribution < 1.29 is 23.1 Å². The first-order chi connectivity index (χ1) is 7.17. The van der Waals surface area contributed by atoms with E-state index in [1.807, 2.05) is 0 Å². The van der Waals surface area contributed by atoms with Gasteiger partial charge in [-0.15, -0.1) is 0 Å². The van der Waals surface area contributed by atoms with Gasteiger partial charge in [-0.25, -0.2) is 13.2 Å². The molecule has 0 fully saturated rings. The summed E-state index contributed by atoms with van der Waals surface area (Å²) in [6.07, 6.45) is 1.50. The summed E-state index contributed by atoms with van der Waals surface area (Å²) in [6, 6.07) is -1.04. The van der Waals surface area contributed by atoms with Gasteiger partial charge in [0, 0.05) is 6.26 Å². The highest BCUT2D eigenvalue weighted by atomic mass is 32.2. The largest absolute Gasteiger partial charge is 0.480 e. The van der Waals surface area contributed by atoms with Crippen LogP contribution in [0, 0.1) is 5.92 Å². The summed E-state index contributed by atoms with van der Waals surface area (Å²) in [4.78, 5) is 22.1. The molecule has 0 rings (SSSR count). The van der Waals surface area contributed by atoms with Crippen LogP contribution >= 0.6 is 0 Å². The van der Waals surface area contributed by atoms with Crippen LogP contribution in [0.5, 0.6) is 0 Å². The Hall–Kier alpha value is -1.11. The van der Waals surface area contributed by atoms with Crippen molar-refractivity contribution >= 4 is 21.7 Å². The Morgan fingerprint density at radius 2 is 1.88 bits per heavy atom. The lowest BCUT2D eigenvalue weighted by Gasteiger charge is -2.19. The second-order valence-corrected chi connectivity index (χ2v) is 5.98. The summed E-state index contributed by atoms with van der Waals surface area (Å²) in [6.45, 7) is 3.48. The SMILES string of the molecule is CC[C@H](C)[C@H](NC(=O)CS(C)(=O)=O)C(=O)O. The Balaban J connectivity index is 4.54. The van der Waals surface area contributed by atoms with Crippen molar-refractivity contribution in [3.8, 4) is 0 Å². The van der Waals surface area contributed by atoms with E-state index in [4.69, 9.17) is 5.11 Å². The molecule has 0 heterocycles. The number of nitrogens with one attached hydrogen (secondary N) is 1. The van der Waals surface area contributed by atoms with E-state index < -0.39 is 33.5 Å². The van der Waals surface area contributed by atoms with Crippen LogP contribution in [0.15, 0.2) is 0 Å². The molecule has 2 atom stereocenters. The molecule has 0 unspecified atom stereocenters. The van der Waals surface area contributed by atoms with Crippen molar-refractivity contribution in [2.24, 2.45) is 5.92 Å². The smallest absolute Gasteiger partial charge is 0.326 e. The van der Waals surface area contributed by atoms with Gasteiger partial charge >= 0.3 is 5.97 Å². The van der Waals surface area contributed by atoms with Gasteiger partial charge in [-0.3, -0.25) is 4.79 Å². The van der Waals surface area contributed by atoms with E-state index in [0.29, 0.717) is 6.42 Å². The summed E-state index contributed by atoms with van der Waals surface area (Å²) < 4.78 is 21.6. The lowest BCUT2D eigenvalue weighted by atomic mass is 9.99. The molecule has 6 nitrogen and oxygen atoms in total. The molecule has 0 saturated heterocycles. The van der Waals surface area contributed by atoms with E-state index >= 15 is 0 Å². The molecular weight excluding hydrogens is 234 g/mol. The topological polar surface area (TPSA) is 101 Å². The maximum atomic E-state index is 11.2. The lowest BCUT2D eigenvalue weighted by molar-refractivity contribution is -0.143. The van der Waals surface area contributed by atoms with Gasteiger partial charge in [-0.05, 0) is 5.92 Å². The molecule has 0 aromatic heterocycles. The number of hydrogen-bond acceptors (Lipinski definition) is 4. The minimum atomic E-state index is -3.43. The predicted octanol–water partition coefficient (Wildman–Crippen LogP) is -0.353. The standard InChI is InChI=1S/C9H17NO5S/c1-4-6(2)8(9(12)13)10-7(11)5-16(3,14)15/h6,8H,4-5H2,1-3H3,(H,10,11)(H,12,13)/t6-,8-/m0/s1. The number of aliphatic carboxylic acids is 1. The third-order valence-electron chi connectivity index (χ3n) is 2.19. The van der Waals surface area contributed by atoms with Crippen LogP contribution in [0.1, 0.15) is 20.3 Å². The van der Waals surface area contributed by atoms with E-state index in [2.05, 4.69) is 5.32 Å². The van der Waals surface area contributed by atoms with Crippen LogP contribution in [0.2, 0.25) is 0 Å². The van der Waals surface area contributed by atoms with Crippen molar-refractivity contribution in [2.75, 3.05) is 12.0 Å². The quantitative estimate of drug-likeness (QED) is 0.671. The maximum absolute atomic E-state index is 11.2. The molecule has 94 valence electrons. The summed E-state index contributed by atoms with van der Waals surface area (Å²) in [7, 11) is -3.43. The number of sulfone groups is 1. The average Bonchev–Trinajstić information content (AvgIpc) is 2.09. The van der Waals surface area contributed by atoms with E-state index in [0.717, 1.165) is 6.26 Å². The summed E-state index contributed by atoms with van der Waals surface area (Å²) in [5, 5.41) is 11.1. The Labute approximate surface area is 95.0 Å². The monoisotopic (exact) mass is 251 g/mol. The van der Waals surface area contributed by atoms with Gasteiger partial charge in [0.2, 0.25) is 5.91 Å². The van der Waals surface area contributed by atoms with Crippen LogP contribution in [0.3, 0.4) is 0 Å². The minimum absolute atomic E-state index is 0.249. The van der Waals surface area contributed by atoms with Crippen molar-refractivity contribution in [2.45, 2.75) is 26.3 Å². The van der Waals surface area contributed by atoms with Crippen molar-refractivity contribution in [1.82, 2.24) is 5.32 Å². The van der Waals surface area contributed by atoms with Gasteiger partial charge < -0.3 is 10.4 Å². The van der Waals surface area contributed by atoms with E-state index in [1.165, 1.54) is 0 Å². The Kier molecular flexibility index (Phi) is 5.43. The number of rotatable bonds is 6. The van der Waals surface area contributed by atoms with Crippen LogP contribution < -0.4 is 5.32 Å². The number of carbonyl (C=O) groups excluding carboxylic acids is 1. The second-order valence-electron chi connectivity index (χ2n) is 3.84. The molecule has 0 aliphatic rings. The fourth-order valence-electron chi connectivity index (χ4n) is 1.14. The molecule has 0 aliphatic heterocycles. The van der Waals surface area contributed by atoms with Gasteiger partial charge in [-0.1, -0.05) is 20.3 Å². The van der Waals surface area contributed by atoms with E-state index in [9.17, 15) is 18.0 Å². The molecule has 7 heteroatoms. The van der Waals surface area contributed by atoms with Crippen molar-refractivity contribution in [3.05, 3.63) is 0 Å². The molecule has 0 saturated carbocycles. The molecular formula is C9H17NO5S. The average molecular weight is 251 g/mol. The highest BCUT2D eigenvalue weighted by molar-refractivity contribution is 7.91. The first kappa shape index (κ1) is 14.9. The molecule has 2 N–H and O–H groups in total. The van der Waals surface area contributed by atoms with Crippen molar-refractivity contribution in [1.29, 1.82) is 0 Å². The Bertz CT molecular complexity index is 362. The highest BCUT2D eigenvalue weighted by Gasteiger charge is 2.26. The lowest BCUT2D eigenvalue weighted by Crippen LogP contribution is -2.46. The Morgan fingerprint density at radius 1 is 1.38 bits per heavy atom. The van der Waals surface area contributed by atoms with Gasteiger partial charge in [0.05, 0.1) is 0 Å². The second kappa shape index (κ2) is 5.83. The maximum Gasteiger partial charge on any atom is 0.326 e. The number of amides is 1. The van der Waals surface area contributed by atoms with Gasteiger partial charge in [0.15, 0.2) is 9.84 Å². The summed E-state index contributed by atoms with van der Waals surface area (Å²) in [5.41, 5.74) is 0. The number of hydrogen-bond donors (Lipinski definition) is 2. The zero-order chi connectivity index (χ0) is 12.9. The molecule has 0 spiro atoms. The van der Waals surface area contributed by atoms with Crippen LogP contribution in [0.25, 0.3) is 0 Å². The number of carboxylic acids is 1. The zero-order valence-electron chi connectivity index (χ0n) is 9.56. The van der Waals surface area contributed by atoms with Gasteiger partial charge in [0.25, 0.3) is 0 Å². The molecule has 1 amide bonds. The predicted molar refractivity (Wildman–Crippen MR) is 58.7 cm³/mol. The normalized spacial score (nSPS) is 15.2. The minimum Gasteiger partial charge on any atom is -0.480 e. The Morgan fingerprint density at radius 3 is 2.19 bits per heavy atom. The summed E-state index contributed by atoms with van der Waals surface area (Å²) >= 11 is 0. The fourth-order valence-corrected chi connectivity index (χ4v) is 1.70. The molecule has 0 radical (unpaired) electrons. The molecule has 0 aromatic rings. The number of carbonyl (C=O) groups is 2. The summed E-state index contributed by atoms with van der Waals surface area (Å²) in [5.74, 6) is -2.87. The first-order valence-electron chi connectivity index (χ1n) is 4.87. The van der Waals surface area contributed by atoms with E-state index in [1.54, 1.807) is 13.8 Å². The molecule has 0 aliphatic carbocycles. The van der Waals surface area contributed by atoms with Crippen LogP contribution in [0.4, 0.5) is 0 Å². The molecule has 0 aromatic carbocycles. The van der Waals surface area contributed by atoms with Crippen LogP contribution in [-0.4, -0.2) is 43.5 Å². The van der Waals surface area contributed by atoms with Gasteiger partial charge in [-0.2, -0.15) is 0 Å². The fraction of sp³-hybridized carbons (Fsp3) is 0.778. The van der Waals surface area contributed by atoms with Gasteiger partial charge in [0.1, 0.15) is 11.8 Å². The van der Waals surface area contributed by atoms with Crippen molar-refractivity contribution in [3.63, 3.8) is 0 Å². The highest BCUT2D eigenvalue weighted by Crippen LogP contribution is 2.07. The zero-order valence-corrected chi connectivity index (χ0v) is 10.4. The third kappa shape index (κ3) is 5.69. The third-order valence-corrected chi connectivity index (χ3v) is 2.98. The first-order valence-corrected chi connectivity index (χ1v) is 6.93. The van der Waals surface area contributed by atoms with Crippen LogP contribution in [-0.2, 0) is 19.4 Å². The molecule has 16 heavy (non-hydrogen) atoms. The number of carboxylic acid groups (broad SMARTS) is 1. The van der Waals surface area contributed by atoms with E-state index in [-0.39, 0.29) is 5.92 Å².